The number of hydrogen-bond donors (Lipinski definition) is 1. The summed E-state index contributed by atoms with van der Waals surface area (Å²) in [5.74, 6) is -1.46. The number of aromatic carboxylic acids is 1. The van der Waals surface area contributed by atoms with Crippen LogP contribution in [-0.2, 0) is 0 Å². The Morgan fingerprint density at radius 1 is 1.40 bits per heavy atom. The van der Waals surface area contributed by atoms with E-state index in [4.69, 9.17) is 0 Å². The van der Waals surface area contributed by atoms with E-state index < -0.39 is 11.4 Å². The highest BCUT2D eigenvalue weighted by molar-refractivity contribution is 14.1. The van der Waals surface area contributed by atoms with Gasteiger partial charge in [0.2, 0.25) is 0 Å². The summed E-state index contributed by atoms with van der Waals surface area (Å²) in [6.07, 6.45) is 1.17. The minimum atomic E-state index is -1.46. The Hall–Kier alpha value is -1.37. The van der Waals surface area contributed by atoms with Crippen LogP contribution in [0.3, 0.4) is 0 Å². The van der Waals surface area contributed by atoms with Crippen molar-refractivity contribution >= 4 is 39.5 Å². The highest BCUT2D eigenvalue weighted by Crippen LogP contribution is 2.15. The van der Waals surface area contributed by atoms with Crippen molar-refractivity contribution in [2.45, 2.75) is 0 Å². The quantitative estimate of drug-likeness (QED) is 0.779. The number of carbonyl (C=O) groups excluding carboxylic acids is 1. The Labute approximate surface area is 98.1 Å². The smallest absolute Gasteiger partial charge is 0.198 e. The third-order valence-corrected chi connectivity index (χ3v) is 2.98. The molecule has 0 aliphatic heterocycles. The number of rotatable bonds is 1. The Morgan fingerprint density at radius 3 is 2.80 bits per heavy atom. The second kappa shape index (κ2) is 3.65. The summed E-state index contributed by atoms with van der Waals surface area (Å²) in [7, 11) is 0. The topological polar surface area (TPSA) is 73.0 Å². The van der Waals surface area contributed by atoms with Crippen molar-refractivity contribution in [2.75, 3.05) is 0 Å². The van der Waals surface area contributed by atoms with E-state index in [-0.39, 0.29) is 5.56 Å². The number of H-pyrrole nitrogens is 1. The van der Waals surface area contributed by atoms with Crippen molar-refractivity contribution in [3.63, 3.8) is 0 Å². The Kier molecular flexibility index (Phi) is 2.47. The van der Waals surface area contributed by atoms with E-state index in [0.29, 0.717) is 10.9 Å². The lowest BCUT2D eigenvalue weighted by molar-refractivity contribution is -0.255. The van der Waals surface area contributed by atoms with E-state index in [1.54, 1.807) is 12.1 Å². The van der Waals surface area contributed by atoms with Gasteiger partial charge in [-0.25, -0.2) is 0 Å². The first kappa shape index (κ1) is 10.2. The van der Waals surface area contributed by atoms with Crippen molar-refractivity contribution in [1.29, 1.82) is 0 Å². The van der Waals surface area contributed by atoms with E-state index in [0.717, 1.165) is 3.57 Å². The number of nitrogens with one attached hydrogen (secondary N) is 1. The zero-order chi connectivity index (χ0) is 11.0. The van der Waals surface area contributed by atoms with E-state index in [1.807, 2.05) is 6.07 Å². The molecule has 0 spiro atoms. The highest BCUT2D eigenvalue weighted by Gasteiger charge is 2.06. The van der Waals surface area contributed by atoms with Gasteiger partial charge in [-0.15, -0.1) is 0 Å². The predicted octanol–water partition coefficient (Wildman–Crippen LogP) is 0.496. The summed E-state index contributed by atoms with van der Waals surface area (Å²) < 4.78 is 0.868. The van der Waals surface area contributed by atoms with Gasteiger partial charge in [0, 0.05) is 15.2 Å². The average Bonchev–Trinajstić information content (AvgIpc) is 2.19. The van der Waals surface area contributed by atoms with Crippen molar-refractivity contribution in [3.05, 3.63) is 43.8 Å². The molecule has 1 N–H and O–H groups in total. The van der Waals surface area contributed by atoms with Crippen LogP contribution in [0.5, 0.6) is 0 Å². The molecule has 0 bridgehead atoms. The molecule has 2 aromatic rings. The summed E-state index contributed by atoms with van der Waals surface area (Å²) >= 11 is 2.07. The number of benzene rings is 1. The molecule has 4 nitrogen and oxygen atoms in total. The average molecular weight is 314 g/mol. The number of aromatic amines is 1. The molecule has 0 radical (unpaired) electrons. The molecule has 15 heavy (non-hydrogen) atoms. The third-order valence-electron chi connectivity index (χ3n) is 2.08. The third kappa shape index (κ3) is 1.63. The zero-order valence-electron chi connectivity index (χ0n) is 7.41. The van der Waals surface area contributed by atoms with Gasteiger partial charge in [-0.3, -0.25) is 4.79 Å². The summed E-state index contributed by atoms with van der Waals surface area (Å²) in [6.45, 7) is 0. The maximum Gasteiger partial charge on any atom is 0.198 e. The maximum absolute atomic E-state index is 11.7. The number of carbonyl (C=O) groups is 1. The molecule has 0 saturated carbocycles. The molecule has 0 atom stereocenters. The summed E-state index contributed by atoms with van der Waals surface area (Å²) in [5.41, 5.74) is -0.208. The normalized spacial score (nSPS) is 10.5. The van der Waals surface area contributed by atoms with Crippen LogP contribution in [0, 0.1) is 3.57 Å². The molecule has 5 heteroatoms. The zero-order valence-corrected chi connectivity index (χ0v) is 9.57. The lowest BCUT2D eigenvalue weighted by Gasteiger charge is -2.04. The van der Waals surface area contributed by atoms with E-state index >= 15 is 0 Å². The number of halogens is 1. The second-order valence-corrected chi connectivity index (χ2v) is 4.14. The SMILES string of the molecule is O=C([O-])c1c[nH]c2c(I)cccc2c1=O. The van der Waals surface area contributed by atoms with Gasteiger partial charge in [-0.2, -0.15) is 0 Å². The summed E-state index contributed by atoms with van der Waals surface area (Å²) in [6, 6.07) is 5.12. The molecule has 1 heterocycles. The fraction of sp³-hybridized carbons (Fsp3) is 0. The molecule has 0 unspecified atom stereocenters. The second-order valence-electron chi connectivity index (χ2n) is 2.98. The number of para-hydroxylation sites is 1. The number of carboxylic acids is 1. The highest BCUT2D eigenvalue weighted by atomic mass is 127. The largest absolute Gasteiger partial charge is 0.545 e. The monoisotopic (exact) mass is 314 g/mol. The van der Waals surface area contributed by atoms with Gasteiger partial charge in [0.15, 0.2) is 5.43 Å². The predicted molar refractivity (Wildman–Crippen MR) is 61.6 cm³/mol. The Bertz CT molecular complexity index is 603. The Morgan fingerprint density at radius 2 is 2.13 bits per heavy atom. The van der Waals surface area contributed by atoms with E-state index in [1.165, 1.54) is 6.20 Å². The molecule has 0 fully saturated rings. The number of hydrogen-bond acceptors (Lipinski definition) is 3. The number of fused-ring (bicyclic) bond motifs is 1. The van der Waals surface area contributed by atoms with Gasteiger partial charge >= 0.3 is 0 Å². The molecule has 0 aliphatic rings. The molecule has 2 rings (SSSR count). The summed E-state index contributed by atoms with van der Waals surface area (Å²) in [4.78, 5) is 25.1. The van der Waals surface area contributed by atoms with E-state index in [9.17, 15) is 14.7 Å². The van der Waals surface area contributed by atoms with Crippen LogP contribution in [0.1, 0.15) is 10.4 Å². The molecule has 0 saturated heterocycles. The molecule has 0 aliphatic carbocycles. The Balaban J connectivity index is 2.92. The standard InChI is InChI=1S/C10H6INO3/c11-7-3-1-2-5-8(7)12-4-6(9(5)13)10(14)15/h1-4H,(H,12,13)(H,14,15)/p-1. The van der Waals surface area contributed by atoms with Crippen molar-refractivity contribution in [3.8, 4) is 0 Å². The lowest BCUT2D eigenvalue weighted by Crippen LogP contribution is -2.29. The molecule has 0 amide bonds. The van der Waals surface area contributed by atoms with Gasteiger partial charge < -0.3 is 14.9 Å². The molecule has 76 valence electrons. The van der Waals surface area contributed by atoms with Crippen LogP contribution in [0.25, 0.3) is 10.9 Å². The van der Waals surface area contributed by atoms with Gasteiger partial charge in [0.25, 0.3) is 0 Å². The minimum absolute atomic E-state index is 0.343. The molecule has 1 aromatic heterocycles. The van der Waals surface area contributed by atoms with Crippen LogP contribution >= 0.6 is 22.6 Å². The minimum Gasteiger partial charge on any atom is -0.545 e. The van der Waals surface area contributed by atoms with Crippen molar-refractivity contribution in [1.82, 2.24) is 4.98 Å². The maximum atomic E-state index is 11.7. The van der Waals surface area contributed by atoms with Gasteiger partial charge in [0.1, 0.15) is 0 Å². The lowest BCUT2D eigenvalue weighted by atomic mass is 10.1. The first-order valence-corrected chi connectivity index (χ1v) is 5.20. The fourth-order valence-electron chi connectivity index (χ4n) is 1.37. The first-order valence-electron chi connectivity index (χ1n) is 4.12. The van der Waals surface area contributed by atoms with Gasteiger partial charge in [0.05, 0.1) is 17.0 Å². The number of pyridine rings is 1. The van der Waals surface area contributed by atoms with Crippen LogP contribution in [-0.4, -0.2) is 11.0 Å². The van der Waals surface area contributed by atoms with Crippen LogP contribution in [0.15, 0.2) is 29.2 Å². The fourth-order valence-corrected chi connectivity index (χ4v) is 2.02. The first-order chi connectivity index (χ1) is 7.11. The van der Waals surface area contributed by atoms with Gasteiger partial charge in [-0.1, -0.05) is 6.07 Å². The molecule has 1 aromatic carbocycles. The number of carboxylic acid groups (broad SMARTS) is 1. The van der Waals surface area contributed by atoms with Crippen molar-refractivity contribution < 1.29 is 9.90 Å². The number of aromatic nitrogens is 1. The van der Waals surface area contributed by atoms with Crippen LogP contribution in [0.2, 0.25) is 0 Å². The van der Waals surface area contributed by atoms with Gasteiger partial charge in [-0.05, 0) is 34.7 Å². The molecular formula is C10H5INO3-. The van der Waals surface area contributed by atoms with Crippen LogP contribution < -0.4 is 10.5 Å². The van der Waals surface area contributed by atoms with E-state index in [2.05, 4.69) is 27.6 Å². The van der Waals surface area contributed by atoms with Crippen LogP contribution in [0.4, 0.5) is 0 Å². The summed E-state index contributed by atoms with van der Waals surface area (Å²) in [5, 5.41) is 11.0. The van der Waals surface area contributed by atoms with Crippen molar-refractivity contribution in [2.24, 2.45) is 0 Å². The molecular weight excluding hydrogens is 309 g/mol.